The molecule has 0 aromatic carbocycles. The predicted molar refractivity (Wildman–Crippen MR) is 73.5 cm³/mol. The first-order valence-electron chi connectivity index (χ1n) is 6.19. The number of hydrogen-bond donors (Lipinski definition) is 0. The monoisotopic (exact) mass is 311 g/mol. The van der Waals surface area contributed by atoms with Crippen molar-refractivity contribution >= 4 is 29.3 Å². The second kappa shape index (κ2) is 6.68. The average molecular weight is 311 g/mol. The second-order valence-electron chi connectivity index (χ2n) is 3.97. The molecule has 0 radical (unpaired) electrons. The molecule has 1 heterocycles. The maximum absolute atomic E-state index is 12.3. The molecule has 8 heteroatoms. The maximum Gasteiger partial charge on any atom is 0.361 e. The Balaban J connectivity index is 2.23. The van der Waals surface area contributed by atoms with Gasteiger partial charge < -0.3 is 14.0 Å². The van der Waals surface area contributed by atoms with E-state index in [-0.39, 0.29) is 21.9 Å². The first-order valence-corrected chi connectivity index (χ1v) is 7.18. The zero-order valence-electron chi connectivity index (χ0n) is 11.5. The van der Waals surface area contributed by atoms with E-state index in [1.54, 1.807) is 0 Å². The van der Waals surface area contributed by atoms with Gasteiger partial charge in [0.2, 0.25) is 23.0 Å². The molecule has 1 aliphatic carbocycles. The summed E-state index contributed by atoms with van der Waals surface area (Å²) in [5, 5.41) is 3.46. The van der Waals surface area contributed by atoms with Gasteiger partial charge in [0.25, 0.3) is 0 Å². The smallest absolute Gasteiger partial charge is 0.361 e. The second-order valence-corrected chi connectivity index (χ2v) is 5.11. The number of Topliss-reactive ketones (excluding diaryl/α,β-unsaturated/α-hetero) is 1. The molecule has 0 saturated carbocycles. The van der Waals surface area contributed by atoms with Gasteiger partial charge in [-0.25, -0.2) is 4.79 Å². The van der Waals surface area contributed by atoms with Gasteiger partial charge in [-0.05, 0) is 6.92 Å². The Labute approximate surface area is 124 Å². The van der Waals surface area contributed by atoms with Crippen LogP contribution in [0.4, 0.5) is 0 Å². The number of carbonyl (C=O) groups excluding carboxylic acids is 3. The molecule has 1 aliphatic rings. The minimum Gasteiger partial charge on any atom is -0.464 e. The van der Waals surface area contributed by atoms with Crippen molar-refractivity contribution in [3.8, 4) is 0 Å². The molecule has 1 aromatic heterocycles. The zero-order chi connectivity index (χ0) is 15.4. The van der Waals surface area contributed by atoms with Gasteiger partial charge in [0.1, 0.15) is 5.56 Å². The molecule has 0 atom stereocenters. The fourth-order valence-corrected chi connectivity index (χ4v) is 2.59. The highest BCUT2D eigenvalue weighted by atomic mass is 32.2. The molecule has 0 saturated heterocycles. The number of methoxy groups -OCH3 is 1. The van der Waals surface area contributed by atoms with Gasteiger partial charge in [-0.15, -0.1) is 11.8 Å². The molecular formula is C13H13NO6S. The van der Waals surface area contributed by atoms with E-state index >= 15 is 0 Å². The van der Waals surface area contributed by atoms with E-state index in [0.29, 0.717) is 19.0 Å². The van der Waals surface area contributed by atoms with Gasteiger partial charge in [0.15, 0.2) is 0 Å². The lowest BCUT2D eigenvalue weighted by molar-refractivity contribution is 0.0586. The number of esters is 1. The summed E-state index contributed by atoms with van der Waals surface area (Å²) in [6.45, 7) is 2.90. The molecule has 1 aromatic rings. The summed E-state index contributed by atoms with van der Waals surface area (Å²) >= 11 is 1.19. The van der Waals surface area contributed by atoms with Gasteiger partial charge in [-0.1, -0.05) is 5.16 Å². The van der Waals surface area contributed by atoms with Crippen molar-refractivity contribution in [3.05, 3.63) is 28.0 Å². The highest BCUT2D eigenvalue weighted by Crippen LogP contribution is 2.30. The fourth-order valence-electron chi connectivity index (χ4n) is 1.74. The van der Waals surface area contributed by atoms with Crippen LogP contribution in [0.5, 0.6) is 0 Å². The number of allylic oxidation sites excluding steroid dienone is 2. The number of aromatic nitrogens is 1. The van der Waals surface area contributed by atoms with Gasteiger partial charge in [0, 0.05) is 18.4 Å². The summed E-state index contributed by atoms with van der Waals surface area (Å²) in [6, 6.07) is 0. The molecule has 0 bridgehead atoms. The number of nitrogens with zero attached hydrogens (tertiary/aromatic N) is 1. The lowest BCUT2D eigenvalue weighted by atomic mass is 10.00. The van der Waals surface area contributed by atoms with Crippen molar-refractivity contribution in [1.29, 1.82) is 0 Å². The summed E-state index contributed by atoms with van der Waals surface area (Å²) < 4.78 is 14.5. The minimum absolute atomic E-state index is 0.131. The zero-order valence-corrected chi connectivity index (χ0v) is 12.3. The van der Waals surface area contributed by atoms with E-state index < -0.39 is 17.5 Å². The molecule has 0 N–H and O–H groups in total. The number of ether oxygens (including phenoxy) is 2. The third-order valence-electron chi connectivity index (χ3n) is 2.70. The van der Waals surface area contributed by atoms with E-state index in [4.69, 9.17) is 9.26 Å². The van der Waals surface area contributed by atoms with Crippen LogP contribution in [0.2, 0.25) is 0 Å². The molecular weight excluding hydrogens is 298 g/mol. The molecule has 0 spiro atoms. The van der Waals surface area contributed by atoms with Gasteiger partial charge in [0.05, 0.1) is 18.6 Å². The Kier molecular flexibility index (Phi) is 4.92. The van der Waals surface area contributed by atoms with Crippen molar-refractivity contribution in [2.75, 3.05) is 26.1 Å². The van der Waals surface area contributed by atoms with Crippen molar-refractivity contribution in [2.45, 2.75) is 6.92 Å². The van der Waals surface area contributed by atoms with Crippen LogP contribution in [0.1, 0.15) is 38.3 Å². The van der Waals surface area contributed by atoms with Crippen molar-refractivity contribution < 1.29 is 28.4 Å². The van der Waals surface area contributed by atoms with E-state index in [1.165, 1.54) is 17.8 Å². The van der Waals surface area contributed by atoms with E-state index in [1.807, 2.05) is 6.92 Å². The van der Waals surface area contributed by atoms with Crippen LogP contribution in [0.3, 0.4) is 0 Å². The summed E-state index contributed by atoms with van der Waals surface area (Å²) in [7, 11) is 1.16. The lowest BCUT2D eigenvalue weighted by Crippen LogP contribution is -2.18. The lowest BCUT2D eigenvalue weighted by Gasteiger charge is -2.10. The Morgan fingerprint density at radius 3 is 2.86 bits per heavy atom. The first-order chi connectivity index (χ1) is 10.1. The van der Waals surface area contributed by atoms with Crippen LogP contribution in [-0.4, -0.2) is 48.8 Å². The average Bonchev–Trinajstić information content (AvgIpc) is 2.93. The molecule has 0 unspecified atom stereocenters. The van der Waals surface area contributed by atoms with Crippen LogP contribution in [0.15, 0.2) is 15.5 Å². The minimum atomic E-state index is -0.818. The Morgan fingerprint density at radius 2 is 2.19 bits per heavy atom. The maximum atomic E-state index is 12.3. The molecule has 112 valence electrons. The highest BCUT2D eigenvalue weighted by Gasteiger charge is 2.36. The first kappa shape index (κ1) is 15.5. The number of thioether (sulfide) groups is 1. The largest absolute Gasteiger partial charge is 0.464 e. The normalized spacial score (nSPS) is 13.9. The SMILES string of the molecule is CCOCCSC1=CC(=O)c2onc(C(=O)OC)c2C1=O. The third kappa shape index (κ3) is 3.06. The van der Waals surface area contributed by atoms with Crippen LogP contribution >= 0.6 is 11.8 Å². The highest BCUT2D eigenvalue weighted by molar-refractivity contribution is 8.04. The fraction of sp³-hybridized carbons (Fsp3) is 0.385. The number of carbonyl (C=O) groups is 3. The van der Waals surface area contributed by atoms with Crippen LogP contribution in [0.25, 0.3) is 0 Å². The Bertz CT molecular complexity index is 618. The molecule has 21 heavy (non-hydrogen) atoms. The summed E-state index contributed by atoms with van der Waals surface area (Å²) in [5.41, 5.74) is -0.407. The topological polar surface area (TPSA) is 95.7 Å². The van der Waals surface area contributed by atoms with Gasteiger partial charge in [-0.3, -0.25) is 9.59 Å². The summed E-state index contributed by atoms with van der Waals surface area (Å²) in [4.78, 5) is 36.0. The van der Waals surface area contributed by atoms with Crippen molar-refractivity contribution in [2.24, 2.45) is 0 Å². The third-order valence-corrected chi connectivity index (χ3v) is 3.68. The number of ketones is 2. The standard InChI is InChI=1S/C13H13NO6S/c1-3-19-4-5-21-8-6-7(15)12-9(11(8)16)10(14-20-12)13(17)18-2/h6H,3-5H2,1-2H3. The van der Waals surface area contributed by atoms with E-state index in [2.05, 4.69) is 9.89 Å². The van der Waals surface area contributed by atoms with Crippen LogP contribution in [-0.2, 0) is 9.47 Å². The van der Waals surface area contributed by atoms with Crippen LogP contribution < -0.4 is 0 Å². The molecule has 0 fully saturated rings. The number of fused-ring (bicyclic) bond motifs is 1. The summed E-state index contributed by atoms with van der Waals surface area (Å²) in [5.74, 6) is -1.48. The quantitative estimate of drug-likeness (QED) is 0.576. The predicted octanol–water partition coefficient (Wildman–Crippen LogP) is 1.49. The summed E-state index contributed by atoms with van der Waals surface area (Å²) in [6.07, 6.45) is 1.19. The number of hydrogen-bond acceptors (Lipinski definition) is 8. The van der Waals surface area contributed by atoms with Gasteiger partial charge >= 0.3 is 5.97 Å². The Morgan fingerprint density at radius 1 is 1.43 bits per heavy atom. The molecule has 7 nitrogen and oxygen atoms in total. The van der Waals surface area contributed by atoms with Crippen molar-refractivity contribution in [1.82, 2.24) is 5.16 Å². The van der Waals surface area contributed by atoms with Crippen LogP contribution in [0, 0.1) is 0 Å². The van der Waals surface area contributed by atoms with Crippen molar-refractivity contribution in [3.63, 3.8) is 0 Å². The van der Waals surface area contributed by atoms with E-state index in [9.17, 15) is 14.4 Å². The number of rotatable bonds is 6. The Hall–Kier alpha value is -1.93. The molecule has 0 amide bonds. The van der Waals surface area contributed by atoms with E-state index in [0.717, 1.165) is 7.11 Å². The van der Waals surface area contributed by atoms with Gasteiger partial charge in [-0.2, -0.15) is 0 Å². The molecule has 0 aliphatic heterocycles. The molecule has 2 rings (SSSR count).